The first-order valence-electron chi connectivity index (χ1n) is 6.35. The van der Waals surface area contributed by atoms with Gasteiger partial charge in [-0.3, -0.25) is 0 Å². The quantitative estimate of drug-likeness (QED) is 0.532. The number of hydrogen-bond donors (Lipinski definition) is 1. The Morgan fingerprint density at radius 2 is 1.67 bits per heavy atom. The van der Waals surface area contributed by atoms with Gasteiger partial charge in [0.2, 0.25) is 0 Å². The highest BCUT2D eigenvalue weighted by Gasteiger charge is 1.97. The van der Waals surface area contributed by atoms with Gasteiger partial charge in [-0.1, -0.05) is 20.8 Å². The molecule has 0 spiro atoms. The van der Waals surface area contributed by atoms with E-state index in [1.165, 1.54) is 6.54 Å². The Balaban J connectivity index is 3.04. The van der Waals surface area contributed by atoms with E-state index >= 15 is 0 Å². The second-order valence-corrected chi connectivity index (χ2v) is 3.70. The number of nitrogens with one attached hydrogen (secondary N) is 1. The van der Waals surface area contributed by atoms with E-state index in [1.54, 1.807) is 0 Å². The Morgan fingerprint density at radius 1 is 1.00 bits per heavy atom. The van der Waals surface area contributed by atoms with Crippen molar-refractivity contribution in [3.05, 3.63) is 0 Å². The summed E-state index contributed by atoms with van der Waals surface area (Å²) in [6, 6.07) is 0. The summed E-state index contributed by atoms with van der Waals surface area (Å²) < 4.78 is 5.55. The van der Waals surface area contributed by atoms with Gasteiger partial charge in [0.15, 0.2) is 0 Å². The van der Waals surface area contributed by atoms with E-state index in [0.717, 1.165) is 52.2 Å². The lowest BCUT2D eigenvalue weighted by molar-refractivity contribution is 0.120. The van der Waals surface area contributed by atoms with Gasteiger partial charge in [0, 0.05) is 19.8 Å². The molecule has 0 amide bonds. The molecular formula is C12H28N2O. The van der Waals surface area contributed by atoms with Gasteiger partial charge in [-0.25, -0.2) is 0 Å². The molecule has 92 valence electrons. The van der Waals surface area contributed by atoms with Crippen molar-refractivity contribution in [2.75, 3.05) is 45.9 Å². The van der Waals surface area contributed by atoms with Crippen LogP contribution in [0.1, 0.15) is 33.6 Å². The van der Waals surface area contributed by atoms with E-state index in [-0.39, 0.29) is 0 Å². The first kappa shape index (κ1) is 14.9. The molecule has 0 aromatic carbocycles. The van der Waals surface area contributed by atoms with E-state index in [0.29, 0.717) is 0 Å². The van der Waals surface area contributed by atoms with Crippen LogP contribution < -0.4 is 5.32 Å². The molecule has 0 unspecified atom stereocenters. The van der Waals surface area contributed by atoms with Gasteiger partial charge < -0.3 is 15.0 Å². The summed E-state index contributed by atoms with van der Waals surface area (Å²) in [6.45, 7) is 13.9. The van der Waals surface area contributed by atoms with Crippen molar-refractivity contribution < 1.29 is 4.74 Å². The normalized spacial score (nSPS) is 11.2. The molecule has 0 radical (unpaired) electrons. The largest absolute Gasteiger partial charge is 0.381 e. The van der Waals surface area contributed by atoms with E-state index in [1.807, 2.05) is 0 Å². The van der Waals surface area contributed by atoms with Gasteiger partial charge in [0.05, 0.1) is 0 Å². The van der Waals surface area contributed by atoms with Gasteiger partial charge >= 0.3 is 0 Å². The van der Waals surface area contributed by atoms with Crippen LogP contribution in [-0.2, 0) is 4.74 Å². The number of rotatable bonds is 11. The molecule has 3 heteroatoms. The molecule has 0 aromatic rings. The molecule has 0 saturated heterocycles. The average molecular weight is 216 g/mol. The summed E-state index contributed by atoms with van der Waals surface area (Å²) in [7, 11) is 0. The lowest BCUT2D eigenvalue weighted by Crippen LogP contribution is -2.25. The maximum absolute atomic E-state index is 5.55. The molecule has 15 heavy (non-hydrogen) atoms. The highest BCUT2D eigenvalue weighted by molar-refractivity contribution is 4.51. The third kappa shape index (κ3) is 10.2. The summed E-state index contributed by atoms with van der Waals surface area (Å²) in [5.74, 6) is 0. The molecule has 0 atom stereocenters. The second-order valence-electron chi connectivity index (χ2n) is 3.70. The van der Waals surface area contributed by atoms with E-state index in [4.69, 9.17) is 4.74 Å². The summed E-state index contributed by atoms with van der Waals surface area (Å²) in [5.41, 5.74) is 0. The van der Waals surface area contributed by atoms with Crippen LogP contribution >= 0.6 is 0 Å². The molecule has 0 fully saturated rings. The molecule has 0 aliphatic heterocycles. The Hall–Kier alpha value is -0.120. The van der Waals surface area contributed by atoms with Gasteiger partial charge in [-0.15, -0.1) is 0 Å². The zero-order valence-corrected chi connectivity index (χ0v) is 10.7. The topological polar surface area (TPSA) is 24.5 Å². The van der Waals surface area contributed by atoms with Crippen molar-refractivity contribution in [1.82, 2.24) is 10.2 Å². The van der Waals surface area contributed by atoms with Crippen molar-refractivity contribution in [2.45, 2.75) is 33.6 Å². The Morgan fingerprint density at radius 3 is 2.27 bits per heavy atom. The zero-order chi connectivity index (χ0) is 11.4. The monoisotopic (exact) mass is 216 g/mol. The van der Waals surface area contributed by atoms with Crippen LogP contribution in [0.3, 0.4) is 0 Å². The van der Waals surface area contributed by atoms with Crippen LogP contribution in [0.5, 0.6) is 0 Å². The Bertz CT molecular complexity index is 116. The summed E-state index contributed by atoms with van der Waals surface area (Å²) in [4.78, 5) is 2.43. The first-order chi connectivity index (χ1) is 7.35. The van der Waals surface area contributed by atoms with Crippen LogP contribution in [-0.4, -0.2) is 50.8 Å². The molecule has 0 aliphatic rings. The lowest BCUT2D eigenvalue weighted by atomic mass is 10.4. The predicted molar refractivity (Wildman–Crippen MR) is 66.4 cm³/mol. The Kier molecular flexibility index (Phi) is 11.9. The molecule has 0 aromatic heterocycles. The van der Waals surface area contributed by atoms with Crippen LogP contribution in [0.25, 0.3) is 0 Å². The van der Waals surface area contributed by atoms with Crippen molar-refractivity contribution in [1.29, 1.82) is 0 Å². The third-order valence-corrected chi connectivity index (χ3v) is 2.55. The summed E-state index contributed by atoms with van der Waals surface area (Å²) in [5, 5.41) is 3.29. The molecule has 1 N–H and O–H groups in total. The van der Waals surface area contributed by atoms with Crippen molar-refractivity contribution in [3.63, 3.8) is 0 Å². The van der Waals surface area contributed by atoms with Crippen LogP contribution in [0.15, 0.2) is 0 Å². The van der Waals surface area contributed by atoms with Crippen LogP contribution in [0.4, 0.5) is 0 Å². The van der Waals surface area contributed by atoms with Crippen molar-refractivity contribution >= 4 is 0 Å². The molecule has 0 bridgehead atoms. The van der Waals surface area contributed by atoms with E-state index in [2.05, 4.69) is 31.0 Å². The molecule has 0 aliphatic carbocycles. The van der Waals surface area contributed by atoms with Gasteiger partial charge in [-0.05, 0) is 39.0 Å². The first-order valence-corrected chi connectivity index (χ1v) is 6.35. The van der Waals surface area contributed by atoms with Gasteiger partial charge in [-0.2, -0.15) is 0 Å². The zero-order valence-electron chi connectivity index (χ0n) is 10.7. The molecule has 3 nitrogen and oxygen atoms in total. The Labute approximate surface area is 95.2 Å². The van der Waals surface area contributed by atoms with Crippen LogP contribution in [0.2, 0.25) is 0 Å². The molecule has 0 rings (SSSR count). The smallest absolute Gasteiger partial charge is 0.0478 e. The third-order valence-electron chi connectivity index (χ3n) is 2.55. The maximum atomic E-state index is 5.55. The highest BCUT2D eigenvalue weighted by Crippen LogP contribution is 1.92. The number of ether oxygens (including phenoxy) is 1. The minimum Gasteiger partial charge on any atom is -0.381 e. The lowest BCUT2D eigenvalue weighted by Gasteiger charge is -2.17. The number of hydrogen-bond acceptors (Lipinski definition) is 3. The van der Waals surface area contributed by atoms with Crippen molar-refractivity contribution in [3.8, 4) is 0 Å². The standard InChI is InChI=1S/C12H28N2O/c1-4-13-9-7-11-15-12-8-10-14(5-2)6-3/h13H,4-12H2,1-3H3. The van der Waals surface area contributed by atoms with E-state index < -0.39 is 0 Å². The summed E-state index contributed by atoms with van der Waals surface area (Å²) >= 11 is 0. The van der Waals surface area contributed by atoms with E-state index in [9.17, 15) is 0 Å². The van der Waals surface area contributed by atoms with Crippen LogP contribution in [0, 0.1) is 0 Å². The fourth-order valence-electron chi connectivity index (χ4n) is 1.51. The minimum atomic E-state index is 0.894. The molecule has 0 heterocycles. The maximum Gasteiger partial charge on any atom is 0.0478 e. The molecule has 0 saturated carbocycles. The summed E-state index contributed by atoms with van der Waals surface area (Å²) in [6.07, 6.45) is 2.28. The van der Waals surface area contributed by atoms with Gasteiger partial charge in [0.25, 0.3) is 0 Å². The average Bonchev–Trinajstić information content (AvgIpc) is 2.27. The van der Waals surface area contributed by atoms with Crippen molar-refractivity contribution in [2.24, 2.45) is 0 Å². The van der Waals surface area contributed by atoms with Gasteiger partial charge in [0.1, 0.15) is 0 Å². The fraction of sp³-hybridized carbons (Fsp3) is 1.00. The minimum absolute atomic E-state index is 0.894. The molecular weight excluding hydrogens is 188 g/mol. The number of nitrogens with zero attached hydrogens (tertiary/aromatic N) is 1. The predicted octanol–water partition coefficient (Wildman–Crippen LogP) is 1.73. The highest BCUT2D eigenvalue weighted by atomic mass is 16.5. The fourth-order valence-corrected chi connectivity index (χ4v) is 1.51. The SMILES string of the molecule is CCNCCCOCCCN(CC)CC. The second kappa shape index (κ2) is 12.0.